The number of rotatable bonds is 5. The van der Waals surface area contributed by atoms with E-state index in [1.807, 2.05) is 24.4 Å². The van der Waals surface area contributed by atoms with Crippen molar-refractivity contribution in [2.45, 2.75) is 98.8 Å². The molecule has 1 N–H and O–H groups in total. The second-order valence-electron chi connectivity index (χ2n) is 15.4. The van der Waals surface area contributed by atoms with Gasteiger partial charge in [-0.05, 0) is 63.9 Å². The van der Waals surface area contributed by atoms with Crippen LogP contribution in [0.1, 0.15) is 109 Å². The molecule has 0 fully saturated rings. The first-order valence-electron chi connectivity index (χ1n) is 16.4. The summed E-state index contributed by atoms with van der Waals surface area (Å²) in [4.78, 5) is 9.74. The number of hydrogen-bond donors (Lipinski definition) is 1. The number of aromatic hydroxyl groups is 1. The maximum Gasteiger partial charge on any atom is 0.217 e. The van der Waals surface area contributed by atoms with E-state index in [-0.39, 0.29) is 43.6 Å². The van der Waals surface area contributed by atoms with Crippen molar-refractivity contribution in [3.8, 4) is 23.2 Å². The molecule has 0 radical (unpaired) electrons. The van der Waals surface area contributed by atoms with E-state index in [4.69, 9.17) is 14.7 Å². The van der Waals surface area contributed by atoms with E-state index in [0.717, 1.165) is 49.9 Å². The van der Waals surface area contributed by atoms with Crippen molar-refractivity contribution in [1.82, 2.24) is 14.5 Å². The zero-order chi connectivity index (χ0) is 33.3. The van der Waals surface area contributed by atoms with E-state index in [0.29, 0.717) is 23.1 Å². The van der Waals surface area contributed by atoms with Gasteiger partial charge in [-0.25, -0.2) is 9.97 Å². The molecule has 47 heavy (non-hydrogen) atoms. The molecule has 6 heteroatoms. The number of aryl methyl sites for hydroxylation is 1. The van der Waals surface area contributed by atoms with E-state index in [9.17, 15) is 5.11 Å². The van der Waals surface area contributed by atoms with Gasteiger partial charge >= 0.3 is 0 Å². The summed E-state index contributed by atoms with van der Waals surface area (Å²) in [5.41, 5.74) is 7.49. The SMILES string of the molecule is Cc1ccnc(-n2c3[c-]c(Oc4cc(C(C)(C)C)c5ccc(C(C)(C)C)c(O)c5n4)c(C(C)C)cc3c3cc(C(C)C)ccc32)c1.[Pt]. The monoisotopic (exact) mass is 807 g/mol. The van der Waals surface area contributed by atoms with Gasteiger partial charge in [0, 0.05) is 55.5 Å². The number of aromatic nitrogens is 3. The van der Waals surface area contributed by atoms with Crippen LogP contribution >= 0.6 is 0 Å². The standard InChI is InChI=1S/C41H46N3O2.Pt/c1-23(2)26-12-15-33-29(19-26)30-20-28(24(3)4)35(22-34(30)44(33)36-18-25(5)16-17-42-36)46-37-21-32(41(9,10)11)27-13-14-31(40(6,7)8)39(45)38(27)43-37;/h12-21,23-24,45H,1-11H3;/q-1;. The summed E-state index contributed by atoms with van der Waals surface area (Å²) in [6, 6.07) is 22.9. The first-order valence-corrected chi connectivity index (χ1v) is 16.4. The normalized spacial score (nSPS) is 12.4. The summed E-state index contributed by atoms with van der Waals surface area (Å²) >= 11 is 0. The topological polar surface area (TPSA) is 60.2 Å². The van der Waals surface area contributed by atoms with Crippen molar-refractivity contribution < 1.29 is 30.9 Å². The Labute approximate surface area is 293 Å². The molecule has 0 aliphatic heterocycles. The van der Waals surface area contributed by atoms with Crippen LogP contribution < -0.4 is 4.74 Å². The van der Waals surface area contributed by atoms with Gasteiger partial charge in [0.05, 0.1) is 0 Å². The van der Waals surface area contributed by atoms with E-state index in [1.165, 1.54) is 10.9 Å². The van der Waals surface area contributed by atoms with Gasteiger partial charge in [0.15, 0.2) is 0 Å². The van der Waals surface area contributed by atoms with Crippen LogP contribution in [0.5, 0.6) is 17.4 Å². The van der Waals surface area contributed by atoms with Crippen molar-refractivity contribution in [2.24, 2.45) is 0 Å². The Bertz CT molecular complexity index is 2130. The molecule has 0 amide bonds. The molecule has 6 rings (SSSR count). The van der Waals surface area contributed by atoms with Crippen LogP contribution in [0.2, 0.25) is 0 Å². The fraction of sp³-hybridized carbons (Fsp3) is 0.366. The van der Waals surface area contributed by atoms with Crippen LogP contribution in [0.25, 0.3) is 38.5 Å². The molecule has 3 aromatic heterocycles. The smallest absolute Gasteiger partial charge is 0.217 e. The van der Waals surface area contributed by atoms with Gasteiger partial charge in [0.25, 0.3) is 0 Å². The fourth-order valence-corrected chi connectivity index (χ4v) is 6.39. The van der Waals surface area contributed by atoms with Gasteiger partial charge in [-0.15, -0.1) is 17.0 Å². The van der Waals surface area contributed by atoms with Crippen LogP contribution in [0.4, 0.5) is 0 Å². The van der Waals surface area contributed by atoms with Gasteiger partial charge in [-0.1, -0.05) is 105 Å². The molecule has 0 saturated heterocycles. The molecule has 0 saturated carbocycles. The minimum absolute atomic E-state index is 0. The second kappa shape index (κ2) is 12.4. The Morgan fingerprint density at radius 2 is 1.49 bits per heavy atom. The van der Waals surface area contributed by atoms with Gasteiger partial charge in [-0.3, -0.25) is 0 Å². The van der Waals surface area contributed by atoms with Crippen molar-refractivity contribution in [1.29, 1.82) is 0 Å². The summed E-state index contributed by atoms with van der Waals surface area (Å²) in [6.45, 7) is 23.7. The van der Waals surface area contributed by atoms with E-state index in [2.05, 4.69) is 123 Å². The van der Waals surface area contributed by atoms with Crippen molar-refractivity contribution in [3.05, 3.63) is 94.7 Å². The maximum absolute atomic E-state index is 11.5. The third-order valence-corrected chi connectivity index (χ3v) is 9.00. The summed E-state index contributed by atoms with van der Waals surface area (Å²) in [5.74, 6) is 2.69. The molecule has 6 aromatic rings. The van der Waals surface area contributed by atoms with Crippen LogP contribution in [-0.2, 0) is 31.9 Å². The summed E-state index contributed by atoms with van der Waals surface area (Å²) < 4.78 is 8.95. The third-order valence-electron chi connectivity index (χ3n) is 9.00. The minimum atomic E-state index is -0.241. The quantitative estimate of drug-likeness (QED) is 0.176. The third kappa shape index (κ3) is 6.32. The molecule has 0 aliphatic carbocycles. The predicted molar refractivity (Wildman–Crippen MR) is 191 cm³/mol. The summed E-state index contributed by atoms with van der Waals surface area (Å²) in [6.07, 6.45) is 1.86. The van der Waals surface area contributed by atoms with Crippen molar-refractivity contribution in [3.63, 3.8) is 0 Å². The Balaban J connectivity index is 0.00000433. The number of pyridine rings is 2. The largest absolute Gasteiger partial charge is 0.505 e. The number of phenolic OH excluding ortho intramolecular Hbond substituents is 1. The average Bonchev–Trinajstić information content (AvgIpc) is 3.28. The number of fused-ring (bicyclic) bond motifs is 4. The molecule has 3 aromatic carbocycles. The molecule has 0 spiro atoms. The van der Waals surface area contributed by atoms with E-state index < -0.39 is 0 Å². The molecule has 0 aliphatic rings. The van der Waals surface area contributed by atoms with Crippen LogP contribution in [0, 0.1) is 13.0 Å². The first kappa shape index (κ1) is 34.6. The van der Waals surface area contributed by atoms with Gasteiger partial charge in [0.2, 0.25) is 5.88 Å². The molecular formula is C41H46N3O2Pt-. The molecular weight excluding hydrogens is 762 g/mol. The van der Waals surface area contributed by atoms with Gasteiger partial charge in [-0.2, -0.15) is 6.07 Å². The fourth-order valence-electron chi connectivity index (χ4n) is 6.39. The number of ether oxygens (including phenoxy) is 1. The van der Waals surface area contributed by atoms with E-state index in [1.54, 1.807) is 0 Å². The maximum atomic E-state index is 11.5. The Morgan fingerprint density at radius 1 is 0.787 bits per heavy atom. The van der Waals surface area contributed by atoms with Crippen LogP contribution in [0.3, 0.4) is 0 Å². The molecule has 0 unspecified atom stereocenters. The minimum Gasteiger partial charge on any atom is -0.505 e. The number of benzene rings is 3. The number of nitrogens with zero attached hydrogens (tertiary/aromatic N) is 3. The Morgan fingerprint density at radius 3 is 2.11 bits per heavy atom. The Kier molecular flexibility index (Phi) is 9.14. The number of phenols is 1. The summed E-state index contributed by atoms with van der Waals surface area (Å²) in [5, 5.41) is 14.8. The van der Waals surface area contributed by atoms with E-state index >= 15 is 0 Å². The average molecular weight is 808 g/mol. The van der Waals surface area contributed by atoms with Gasteiger partial charge < -0.3 is 14.4 Å². The zero-order valence-electron chi connectivity index (χ0n) is 29.4. The molecule has 0 bridgehead atoms. The van der Waals surface area contributed by atoms with Crippen molar-refractivity contribution >= 4 is 32.7 Å². The first-order chi connectivity index (χ1) is 21.5. The molecule has 3 heterocycles. The second-order valence-corrected chi connectivity index (χ2v) is 15.4. The molecule has 0 atom stereocenters. The zero-order valence-corrected chi connectivity index (χ0v) is 31.7. The summed E-state index contributed by atoms with van der Waals surface area (Å²) in [7, 11) is 0. The Hall–Kier alpha value is -3.69. The molecule has 248 valence electrons. The van der Waals surface area contributed by atoms with Gasteiger partial charge in [0.1, 0.15) is 17.1 Å². The van der Waals surface area contributed by atoms with Crippen LogP contribution in [0.15, 0.2) is 60.8 Å². The van der Waals surface area contributed by atoms with Crippen LogP contribution in [-0.4, -0.2) is 19.6 Å². The van der Waals surface area contributed by atoms with Crippen molar-refractivity contribution in [2.75, 3.05) is 0 Å². The number of hydrogen-bond acceptors (Lipinski definition) is 4. The predicted octanol–water partition coefficient (Wildman–Crippen LogP) is 11.2. The molecule has 5 nitrogen and oxygen atoms in total.